The third-order valence-electron chi connectivity index (χ3n) is 3.29. The van der Waals surface area contributed by atoms with Crippen molar-refractivity contribution in [1.29, 1.82) is 0 Å². The Balaban J connectivity index is 1.96. The van der Waals surface area contributed by atoms with Crippen molar-refractivity contribution in [3.8, 4) is 0 Å². The minimum Gasteiger partial charge on any atom is -0.478 e. The fourth-order valence-electron chi connectivity index (χ4n) is 2.35. The highest BCUT2D eigenvalue weighted by atomic mass is 16.5. The maximum Gasteiger partial charge on any atom is 0.335 e. The number of nitrogens with zero attached hydrogens (tertiary/aromatic N) is 1. The molecule has 1 saturated heterocycles. The van der Waals surface area contributed by atoms with Crippen LogP contribution in [0, 0.1) is 0 Å². The number of carbonyl (C=O) groups is 1. The zero-order valence-electron chi connectivity index (χ0n) is 10.9. The quantitative estimate of drug-likeness (QED) is 0.827. The standard InChI is InChI=1S/C14H20N2O3/c15-5-4-13-10-16(6-7-19-13)9-11-2-1-3-12(8-11)14(17)18/h1-3,8,13H,4-7,9-10,15H2,(H,17,18)/t13-/m0/s1. The highest BCUT2D eigenvalue weighted by Gasteiger charge is 2.19. The van der Waals surface area contributed by atoms with Gasteiger partial charge < -0.3 is 15.6 Å². The number of ether oxygens (including phenoxy) is 1. The summed E-state index contributed by atoms with van der Waals surface area (Å²) in [5, 5.41) is 8.98. The van der Waals surface area contributed by atoms with E-state index in [1.807, 2.05) is 6.07 Å². The zero-order valence-corrected chi connectivity index (χ0v) is 10.9. The van der Waals surface area contributed by atoms with E-state index < -0.39 is 5.97 Å². The van der Waals surface area contributed by atoms with Crippen LogP contribution < -0.4 is 5.73 Å². The van der Waals surface area contributed by atoms with Gasteiger partial charge in [0.15, 0.2) is 0 Å². The molecule has 0 aliphatic carbocycles. The smallest absolute Gasteiger partial charge is 0.335 e. The molecule has 5 heteroatoms. The first-order valence-corrected chi connectivity index (χ1v) is 6.55. The molecule has 19 heavy (non-hydrogen) atoms. The third-order valence-corrected chi connectivity index (χ3v) is 3.29. The molecule has 0 bridgehead atoms. The van der Waals surface area contributed by atoms with E-state index in [0.29, 0.717) is 18.7 Å². The summed E-state index contributed by atoms with van der Waals surface area (Å²) in [6.45, 7) is 3.83. The van der Waals surface area contributed by atoms with Gasteiger partial charge >= 0.3 is 5.97 Å². The van der Waals surface area contributed by atoms with Gasteiger partial charge in [-0.15, -0.1) is 0 Å². The normalized spacial score (nSPS) is 20.4. The van der Waals surface area contributed by atoms with Crippen LogP contribution in [0.1, 0.15) is 22.3 Å². The molecule has 1 heterocycles. The summed E-state index contributed by atoms with van der Waals surface area (Å²) < 4.78 is 5.63. The van der Waals surface area contributed by atoms with Crippen molar-refractivity contribution in [2.45, 2.75) is 19.1 Å². The molecule has 0 amide bonds. The van der Waals surface area contributed by atoms with Crippen molar-refractivity contribution in [3.05, 3.63) is 35.4 Å². The Morgan fingerprint density at radius 2 is 2.37 bits per heavy atom. The largest absolute Gasteiger partial charge is 0.478 e. The number of aromatic carboxylic acids is 1. The molecule has 1 aromatic carbocycles. The summed E-state index contributed by atoms with van der Waals surface area (Å²) in [4.78, 5) is 13.2. The Hall–Kier alpha value is -1.43. The lowest BCUT2D eigenvalue weighted by atomic mass is 10.1. The molecule has 104 valence electrons. The number of hydrogen-bond acceptors (Lipinski definition) is 4. The molecule has 1 atom stereocenters. The van der Waals surface area contributed by atoms with Crippen molar-refractivity contribution < 1.29 is 14.6 Å². The van der Waals surface area contributed by atoms with Crippen LogP contribution in [0.15, 0.2) is 24.3 Å². The molecule has 1 aliphatic heterocycles. The first-order chi connectivity index (χ1) is 9.19. The maximum atomic E-state index is 10.9. The van der Waals surface area contributed by atoms with Crippen LogP contribution in [-0.4, -0.2) is 48.3 Å². The van der Waals surface area contributed by atoms with E-state index in [0.717, 1.165) is 31.6 Å². The van der Waals surface area contributed by atoms with Crippen molar-refractivity contribution in [3.63, 3.8) is 0 Å². The Morgan fingerprint density at radius 1 is 1.53 bits per heavy atom. The first-order valence-electron chi connectivity index (χ1n) is 6.55. The molecule has 0 spiro atoms. The van der Waals surface area contributed by atoms with E-state index in [9.17, 15) is 4.79 Å². The van der Waals surface area contributed by atoms with Crippen LogP contribution in [-0.2, 0) is 11.3 Å². The van der Waals surface area contributed by atoms with Gasteiger partial charge in [-0.05, 0) is 30.7 Å². The summed E-state index contributed by atoms with van der Waals surface area (Å²) in [6.07, 6.45) is 1.06. The summed E-state index contributed by atoms with van der Waals surface area (Å²) >= 11 is 0. The highest BCUT2D eigenvalue weighted by molar-refractivity contribution is 5.87. The van der Waals surface area contributed by atoms with Crippen molar-refractivity contribution in [1.82, 2.24) is 4.90 Å². The van der Waals surface area contributed by atoms with Gasteiger partial charge in [0, 0.05) is 19.6 Å². The third kappa shape index (κ3) is 4.02. The van der Waals surface area contributed by atoms with Crippen LogP contribution >= 0.6 is 0 Å². The molecular weight excluding hydrogens is 244 g/mol. The highest BCUT2D eigenvalue weighted by Crippen LogP contribution is 2.13. The monoisotopic (exact) mass is 264 g/mol. The Morgan fingerprint density at radius 3 is 3.11 bits per heavy atom. The molecule has 1 aromatic rings. The molecule has 0 unspecified atom stereocenters. The summed E-state index contributed by atoms with van der Waals surface area (Å²) in [6, 6.07) is 7.09. The van der Waals surface area contributed by atoms with Gasteiger partial charge in [-0.3, -0.25) is 4.90 Å². The number of hydrogen-bond donors (Lipinski definition) is 2. The molecule has 3 N–H and O–H groups in total. The van der Waals surface area contributed by atoms with E-state index in [1.165, 1.54) is 0 Å². The van der Waals surface area contributed by atoms with Gasteiger partial charge in [0.25, 0.3) is 0 Å². The fraction of sp³-hybridized carbons (Fsp3) is 0.500. The minimum absolute atomic E-state index is 0.196. The average Bonchev–Trinajstić information content (AvgIpc) is 2.40. The number of rotatable bonds is 5. The second-order valence-corrected chi connectivity index (χ2v) is 4.81. The van der Waals surface area contributed by atoms with Crippen LogP contribution in [0.2, 0.25) is 0 Å². The number of morpholine rings is 1. The van der Waals surface area contributed by atoms with E-state index in [1.54, 1.807) is 18.2 Å². The fourth-order valence-corrected chi connectivity index (χ4v) is 2.35. The molecule has 5 nitrogen and oxygen atoms in total. The van der Waals surface area contributed by atoms with Gasteiger partial charge in [0.1, 0.15) is 0 Å². The van der Waals surface area contributed by atoms with Crippen molar-refractivity contribution in [2.24, 2.45) is 5.73 Å². The van der Waals surface area contributed by atoms with Crippen LogP contribution in [0.3, 0.4) is 0 Å². The van der Waals surface area contributed by atoms with Crippen molar-refractivity contribution in [2.75, 3.05) is 26.2 Å². The van der Waals surface area contributed by atoms with Gasteiger partial charge in [-0.25, -0.2) is 4.79 Å². The molecular formula is C14H20N2O3. The van der Waals surface area contributed by atoms with E-state index in [2.05, 4.69) is 4.90 Å². The second kappa shape index (κ2) is 6.65. The van der Waals surface area contributed by atoms with E-state index in [-0.39, 0.29) is 6.10 Å². The Kier molecular flexibility index (Phi) is 4.90. The predicted molar refractivity (Wildman–Crippen MR) is 72.1 cm³/mol. The molecule has 1 fully saturated rings. The second-order valence-electron chi connectivity index (χ2n) is 4.81. The number of carboxylic acids is 1. The van der Waals surface area contributed by atoms with Gasteiger partial charge in [0.2, 0.25) is 0 Å². The summed E-state index contributed by atoms with van der Waals surface area (Å²) in [5.41, 5.74) is 6.91. The Bertz CT molecular complexity index is 434. The van der Waals surface area contributed by atoms with E-state index >= 15 is 0 Å². The molecule has 2 rings (SSSR count). The summed E-state index contributed by atoms with van der Waals surface area (Å²) in [5.74, 6) is -0.884. The zero-order chi connectivity index (χ0) is 13.7. The van der Waals surface area contributed by atoms with Crippen molar-refractivity contribution >= 4 is 5.97 Å². The van der Waals surface area contributed by atoms with Gasteiger partial charge in [-0.2, -0.15) is 0 Å². The Labute approximate surface area is 113 Å². The minimum atomic E-state index is -0.884. The van der Waals surface area contributed by atoms with Crippen LogP contribution in [0.5, 0.6) is 0 Å². The van der Waals surface area contributed by atoms with Gasteiger partial charge in [-0.1, -0.05) is 12.1 Å². The number of nitrogens with two attached hydrogens (primary N) is 1. The van der Waals surface area contributed by atoms with Crippen LogP contribution in [0.25, 0.3) is 0 Å². The summed E-state index contributed by atoms with van der Waals surface area (Å²) in [7, 11) is 0. The average molecular weight is 264 g/mol. The number of benzene rings is 1. The predicted octanol–water partition coefficient (Wildman–Crippen LogP) is 0.934. The first kappa shape index (κ1) is 14.0. The lowest BCUT2D eigenvalue weighted by Gasteiger charge is -2.32. The molecule has 0 aromatic heterocycles. The maximum absolute atomic E-state index is 10.9. The molecule has 1 aliphatic rings. The van der Waals surface area contributed by atoms with E-state index in [4.69, 9.17) is 15.6 Å². The topological polar surface area (TPSA) is 75.8 Å². The van der Waals surface area contributed by atoms with Crippen LogP contribution in [0.4, 0.5) is 0 Å². The lowest BCUT2D eigenvalue weighted by molar-refractivity contribution is -0.0335. The lowest BCUT2D eigenvalue weighted by Crippen LogP contribution is -2.42. The number of carboxylic acid groups (broad SMARTS) is 1. The molecule has 0 radical (unpaired) electrons. The molecule has 0 saturated carbocycles. The SMILES string of the molecule is NCC[C@H]1CN(Cc2cccc(C(=O)O)c2)CCO1. The van der Waals surface area contributed by atoms with Gasteiger partial charge in [0.05, 0.1) is 18.3 Å².